The van der Waals surface area contributed by atoms with E-state index >= 15 is 0 Å². The van der Waals surface area contributed by atoms with Crippen molar-refractivity contribution in [2.45, 2.75) is 6.04 Å². The molecule has 1 saturated heterocycles. The lowest BCUT2D eigenvalue weighted by Gasteiger charge is -2.36. The molecule has 0 amide bonds. The van der Waals surface area contributed by atoms with E-state index in [1.807, 2.05) is 36.4 Å². The predicted molar refractivity (Wildman–Crippen MR) is 109 cm³/mol. The zero-order valence-electron chi connectivity index (χ0n) is 16.2. The van der Waals surface area contributed by atoms with E-state index in [-0.39, 0.29) is 6.04 Å². The van der Waals surface area contributed by atoms with Gasteiger partial charge in [0, 0.05) is 18.7 Å². The second-order valence-corrected chi connectivity index (χ2v) is 6.88. The standard InChI is InChI=1S/C23H25NO4/c1-26-20-10-8-17(15-21(20)27-2)23(24-11-13-28-14-12-24)22-18-6-4-3-5-16(18)7-9-19(22)25/h3-10,15,23,25H,11-14H2,1-2H3. The average molecular weight is 379 g/mol. The number of phenols is 1. The second-order valence-electron chi connectivity index (χ2n) is 6.88. The number of ether oxygens (including phenoxy) is 3. The molecule has 28 heavy (non-hydrogen) atoms. The highest BCUT2D eigenvalue weighted by atomic mass is 16.5. The number of hydrogen-bond donors (Lipinski definition) is 1. The van der Waals surface area contributed by atoms with Crippen LogP contribution < -0.4 is 9.47 Å². The number of nitrogens with zero attached hydrogens (tertiary/aromatic N) is 1. The molecular formula is C23H25NO4. The van der Waals surface area contributed by atoms with E-state index in [4.69, 9.17) is 14.2 Å². The van der Waals surface area contributed by atoms with E-state index in [0.29, 0.717) is 30.5 Å². The van der Waals surface area contributed by atoms with Gasteiger partial charge in [-0.05, 0) is 34.5 Å². The molecule has 146 valence electrons. The Labute approximate surface area is 165 Å². The monoisotopic (exact) mass is 379 g/mol. The Kier molecular flexibility index (Phi) is 5.37. The molecule has 3 aromatic rings. The summed E-state index contributed by atoms with van der Waals surface area (Å²) in [5, 5.41) is 13.0. The summed E-state index contributed by atoms with van der Waals surface area (Å²) in [7, 11) is 3.27. The Morgan fingerprint density at radius 1 is 0.929 bits per heavy atom. The van der Waals surface area contributed by atoms with Crippen LogP contribution in [-0.4, -0.2) is 50.5 Å². The highest BCUT2D eigenvalue weighted by Crippen LogP contribution is 2.41. The summed E-state index contributed by atoms with van der Waals surface area (Å²) in [6.07, 6.45) is 0. The van der Waals surface area contributed by atoms with Crippen LogP contribution in [0.5, 0.6) is 17.2 Å². The van der Waals surface area contributed by atoms with Gasteiger partial charge in [-0.3, -0.25) is 4.90 Å². The van der Waals surface area contributed by atoms with Crippen LogP contribution in [0.1, 0.15) is 17.2 Å². The van der Waals surface area contributed by atoms with Crippen LogP contribution in [0.2, 0.25) is 0 Å². The molecule has 0 spiro atoms. The van der Waals surface area contributed by atoms with Gasteiger partial charge in [0.25, 0.3) is 0 Å². The van der Waals surface area contributed by atoms with Gasteiger partial charge in [0.15, 0.2) is 11.5 Å². The van der Waals surface area contributed by atoms with E-state index in [9.17, 15) is 5.11 Å². The first-order valence-corrected chi connectivity index (χ1v) is 9.47. The molecule has 1 aliphatic heterocycles. The Bertz CT molecular complexity index is 966. The highest BCUT2D eigenvalue weighted by Gasteiger charge is 2.29. The first-order valence-electron chi connectivity index (χ1n) is 9.47. The largest absolute Gasteiger partial charge is 0.508 e. The van der Waals surface area contributed by atoms with E-state index in [2.05, 4.69) is 17.0 Å². The molecule has 0 aliphatic carbocycles. The Hall–Kier alpha value is -2.76. The van der Waals surface area contributed by atoms with E-state index < -0.39 is 0 Å². The molecule has 3 aromatic carbocycles. The summed E-state index contributed by atoms with van der Waals surface area (Å²) in [5.41, 5.74) is 1.96. The van der Waals surface area contributed by atoms with Crippen LogP contribution in [-0.2, 0) is 4.74 Å². The molecule has 1 unspecified atom stereocenters. The predicted octanol–water partition coefficient (Wildman–Crippen LogP) is 3.98. The van der Waals surface area contributed by atoms with Crippen molar-refractivity contribution in [1.82, 2.24) is 4.90 Å². The van der Waals surface area contributed by atoms with E-state index in [0.717, 1.165) is 35.0 Å². The number of hydrogen-bond acceptors (Lipinski definition) is 5. The quantitative estimate of drug-likeness (QED) is 0.727. The number of rotatable bonds is 5. The van der Waals surface area contributed by atoms with Crippen molar-refractivity contribution in [2.24, 2.45) is 0 Å². The van der Waals surface area contributed by atoms with Gasteiger partial charge in [-0.15, -0.1) is 0 Å². The van der Waals surface area contributed by atoms with Gasteiger partial charge in [0.1, 0.15) is 5.75 Å². The van der Waals surface area contributed by atoms with Gasteiger partial charge in [0.2, 0.25) is 0 Å². The zero-order chi connectivity index (χ0) is 19.5. The SMILES string of the molecule is COc1ccc(C(c2c(O)ccc3ccccc23)N2CCOCC2)cc1OC. The summed E-state index contributed by atoms with van der Waals surface area (Å²) in [6, 6.07) is 17.8. The van der Waals surface area contributed by atoms with Crippen molar-refractivity contribution in [3.63, 3.8) is 0 Å². The molecule has 1 aliphatic rings. The fourth-order valence-electron chi connectivity index (χ4n) is 3.99. The molecular weight excluding hydrogens is 354 g/mol. The molecule has 0 saturated carbocycles. The molecule has 0 radical (unpaired) electrons. The van der Waals surface area contributed by atoms with Crippen molar-refractivity contribution in [3.05, 3.63) is 65.7 Å². The van der Waals surface area contributed by atoms with Crippen LogP contribution in [0, 0.1) is 0 Å². The van der Waals surface area contributed by atoms with Gasteiger partial charge in [-0.1, -0.05) is 36.4 Å². The smallest absolute Gasteiger partial charge is 0.161 e. The van der Waals surface area contributed by atoms with E-state index in [1.54, 1.807) is 20.3 Å². The average Bonchev–Trinajstić information content (AvgIpc) is 2.76. The number of fused-ring (bicyclic) bond motifs is 1. The molecule has 0 bridgehead atoms. The topological polar surface area (TPSA) is 51.2 Å². The third-order valence-electron chi connectivity index (χ3n) is 5.36. The van der Waals surface area contributed by atoms with Crippen molar-refractivity contribution < 1.29 is 19.3 Å². The number of morpholine rings is 1. The number of phenolic OH excluding ortho intramolecular Hbond substituents is 1. The maximum atomic E-state index is 10.9. The summed E-state index contributed by atoms with van der Waals surface area (Å²) >= 11 is 0. The third kappa shape index (κ3) is 3.39. The first-order chi connectivity index (χ1) is 13.7. The van der Waals surface area contributed by atoms with E-state index in [1.165, 1.54) is 0 Å². The summed E-state index contributed by atoms with van der Waals surface area (Å²) in [5.74, 6) is 1.66. The van der Waals surface area contributed by atoms with Crippen LogP contribution in [0.4, 0.5) is 0 Å². The second kappa shape index (κ2) is 8.09. The normalized spacial score (nSPS) is 16.1. The molecule has 5 nitrogen and oxygen atoms in total. The molecule has 1 atom stereocenters. The first kappa shape index (κ1) is 18.6. The minimum absolute atomic E-state index is 0.116. The number of benzene rings is 3. The zero-order valence-corrected chi connectivity index (χ0v) is 16.2. The van der Waals surface area contributed by atoms with Crippen LogP contribution in [0.3, 0.4) is 0 Å². The van der Waals surface area contributed by atoms with Crippen molar-refractivity contribution >= 4 is 10.8 Å². The van der Waals surface area contributed by atoms with Crippen LogP contribution >= 0.6 is 0 Å². The Morgan fingerprint density at radius 3 is 2.43 bits per heavy atom. The number of methoxy groups -OCH3 is 2. The minimum atomic E-state index is -0.116. The molecule has 4 rings (SSSR count). The third-order valence-corrected chi connectivity index (χ3v) is 5.36. The summed E-state index contributed by atoms with van der Waals surface area (Å²) < 4.78 is 16.5. The lowest BCUT2D eigenvalue weighted by atomic mass is 9.91. The van der Waals surface area contributed by atoms with Gasteiger partial charge < -0.3 is 19.3 Å². The molecule has 5 heteroatoms. The van der Waals surface area contributed by atoms with Gasteiger partial charge in [-0.25, -0.2) is 0 Å². The highest BCUT2D eigenvalue weighted by molar-refractivity contribution is 5.88. The van der Waals surface area contributed by atoms with Crippen molar-refractivity contribution in [1.29, 1.82) is 0 Å². The Balaban J connectivity index is 1.92. The van der Waals surface area contributed by atoms with Gasteiger partial charge in [0.05, 0.1) is 33.5 Å². The van der Waals surface area contributed by atoms with Crippen LogP contribution in [0.15, 0.2) is 54.6 Å². The lowest BCUT2D eigenvalue weighted by molar-refractivity contribution is 0.0238. The Morgan fingerprint density at radius 2 is 1.68 bits per heavy atom. The number of aromatic hydroxyl groups is 1. The minimum Gasteiger partial charge on any atom is -0.508 e. The summed E-state index contributed by atoms with van der Waals surface area (Å²) in [4.78, 5) is 2.35. The molecule has 0 aromatic heterocycles. The fraction of sp³-hybridized carbons (Fsp3) is 0.304. The molecule has 1 fully saturated rings. The van der Waals surface area contributed by atoms with Crippen molar-refractivity contribution in [2.75, 3.05) is 40.5 Å². The van der Waals surface area contributed by atoms with Crippen molar-refractivity contribution in [3.8, 4) is 17.2 Å². The summed E-state index contributed by atoms with van der Waals surface area (Å²) in [6.45, 7) is 2.94. The van der Waals surface area contributed by atoms with Gasteiger partial charge in [-0.2, -0.15) is 0 Å². The lowest BCUT2D eigenvalue weighted by Crippen LogP contribution is -2.39. The molecule has 1 heterocycles. The van der Waals surface area contributed by atoms with Gasteiger partial charge >= 0.3 is 0 Å². The fourth-order valence-corrected chi connectivity index (χ4v) is 3.99. The molecule has 1 N–H and O–H groups in total. The maximum Gasteiger partial charge on any atom is 0.161 e. The maximum absolute atomic E-state index is 10.9. The van der Waals surface area contributed by atoms with Crippen LogP contribution in [0.25, 0.3) is 10.8 Å².